The van der Waals surface area contributed by atoms with Crippen LogP contribution in [-0.2, 0) is 26.1 Å². The monoisotopic (exact) mass is 434 g/mol. The van der Waals surface area contributed by atoms with Gasteiger partial charge in [-0.3, -0.25) is 9.69 Å². The van der Waals surface area contributed by atoms with Crippen LogP contribution in [-0.4, -0.2) is 49.9 Å². The summed E-state index contributed by atoms with van der Waals surface area (Å²) in [4.78, 5) is 14.0. The molecule has 0 radical (unpaired) electrons. The standard InChI is InChI=1S/C27H34N2O3/c1-27(2,3)23-11-7-8-20(16-23)12-14-31-26-25(22-9-5-4-6-10-22)29(13-15-32-26)19-21-17-24(30)28-18-21/h4-11,16-17,25-26H,12-15,18-19H2,1-3H3,(H,28,30). The average molecular weight is 435 g/mol. The topological polar surface area (TPSA) is 50.8 Å². The molecule has 0 aliphatic carbocycles. The van der Waals surface area contributed by atoms with Crippen molar-refractivity contribution in [1.29, 1.82) is 0 Å². The Morgan fingerprint density at radius 1 is 1.12 bits per heavy atom. The molecule has 0 saturated carbocycles. The van der Waals surface area contributed by atoms with Gasteiger partial charge in [-0.2, -0.15) is 0 Å². The van der Waals surface area contributed by atoms with Gasteiger partial charge in [-0.05, 0) is 34.1 Å². The molecule has 1 fully saturated rings. The highest BCUT2D eigenvalue weighted by atomic mass is 16.7. The van der Waals surface area contributed by atoms with Crippen LogP contribution in [0.4, 0.5) is 0 Å². The lowest BCUT2D eigenvalue weighted by Gasteiger charge is -2.41. The molecule has 1 N–H and O–H groups in total. The first-order valence-electron chi connectivity index (χ1n) is 11.5. The van der Waals surface area contributed by atoms with Gasteiger partial charge in [0.15, 0.2) is 6.29 Å². The molecule has 2 heterocycles. The van der Waals surface area contributed by atoms with Crippen molar-refractivity contribution in [2.45, 2.75) is 44.9 Å². The molecule has 0 spiro atoms. The van der Waals surface area contributed by atoms with Crippen LogP contribution in [0.2, 0.25) is 0 Å². The molecule has 1 saturated heterocycles. The third kappa shape index (κ3) is 5.66. The van der Waals surface area contributed by atoms with Gasteiger partial charge in [0.25, 0.3) is 0 Å². The minimum absolute atomic E-state index is 0.00481. The fraction of sp³-hybridized carbons (Fsp3) is 0.444. The second-order valence-corrected chi connectivity index (χ2v) is 9.66. The quantitative estimate of drug-likeness (QED) is 0.716. The Kier molecular flexibility index (Phi) is 7.09. The van der Waals surface area contributed by atoms with E-state index in [1.54, 1.807) is 6.08 Å². The molecule has 2 aliphatic heterocycles. The summed E-state index contributed by atoms with van der Waals surface area (Å²) in [5.41, 5.74) is 5.03. The highest BCUT2D eigenvalue weighted by molar-refractivity contribution is 5.91. The van der Waals surface area contributed by atoms with Gasteiger partial charge < -0.3 is 14.8 Å². The minimum Gasteiger partial charge on any atom is -0.350 e. The van der Waals surface area contributed by atoms with Crippen molar-refractivity contribution in [3.05, 3.63) is 82.9 Å². The number of hydrogen-bond acceptors (Lipinski definition) is 4. The summed E-state index contributed by atoms with van der Waals surface area (Å²) in [5, 5.41) is 2.87. The SMILES string of the molecule is CC(C)(C)c1cccc(CCOC2OCCN(CC3=CC(=O)NC3)C2c2ccccc2)c1. The Morgan fingerprint density at radius 2 is 1.94 bits per heavy atom. The average Bonchev–Trinajstić information content (AvgIpc) is 3.19. The summed E-state index contributed by atoms with van der Waals surface area (Å²) in [6.45, 7) is 10.1. The summed E-state index contributed by atoms with van der Waals surface area (Å²) >= 11 is 0. The maximum absolute atomic E-state index is 11.6. The zero-order valence-electron chi connectivity index (χ0n) is 19.3. The van der Waals surface area contributed by atoms with Crippen molar-refractivity contribution >= 4 is 5.91 Å². The molecular weight excluding hydrogens is 400 g/mol. The van der Waals surface area contributed by atoms with E-state index in [4.69, 9.17) is 9.47 Å². The third-order valence-corrected chi connectivity index (χ3v) is 6.15. The molecule has 32 heavy (non-hydrogen) atoms. The lowest BCUT2D eigenvalue weighted by molar-refractivity contribution is -0.209. The Hall–Kier alpha value is -2.47. The molecule has 2 aromatic carbocycles. The van der Waals surface area contributed by atoms with Crippen LogP contribution in [0, 0.1) is 0 Å². The Balaban J connectivity index is 1.45. The number of nitrogens with one attached hydrogen (secondary N) is 1. The molecule has 2 aromatic rings. The van der Waals surface area contributed by atoms with Crippen molar-refractivity contribution in [1.82, 2.24) is 10.2 Å². The maximum Gasteiger partial charge on any atom is 0.244 e. The maximum atomic E-state index is 11.6. The second-order valence-electron chi connectivity index (χ2n) is 9.66. The molecule has 2 atom stereocenters. The summed E-state index contributed by atoms with van der Waals surface area (Å²) in [6, 6.07) is 19.1. The van der Waals surface area contributed by atoms with Gasteiger partial charge in [-0.15, -0.1) is 0 Å². The van der Waals surface area contributed by atoms with Gasteiger partial charge in [0.05, 0.1) is 19.3 Å². The number of ether oxygens (including phenoxy) is 2. The lowest BCUT2D eigenvalue weighted by atomic mass is 9.86. The first-order chi connectivity index (χ1) is 15.4. The largest absolute Gasteiger partial charge is 0.350 e. The predicted molar refractivity (Wildman–Crippen MR) is 126 cm³/mol. The summed E-state index contributed by atoms with van der Waals surface area (Å²) in [5.74, 6) is -0.00481. The molecule has 2 aliphatic rings. The van der Waals surface area contributed by atoms with Gasteiger partial charge in [-0.1, -0.05) is 75.4 Å². The Labute approximate surface area is 191 Å². The first-order valence-corrected chi connectivity index (χ1v) is 11.5. The number of carbonyl (C=O) groups excluding carboxylic acids is 1. The van der Waals surface area contributed by atoms with Crippen LogP contribution in [0.5, 0.6) is 0 Å². The summed E-state index contributed by atoms with van der Waals surface area (Å²) in [6.07, 6.45) is 2.22. The molecule has 0 aromatic heterocycles. The first kappa shape index (κ1) is 22.7. The molecule has 5 nitrogen and oxygen atoms in total. The van der Waals surface area contributed by atoms with Crippen molar-refractivity contribution in [3.63, 3.8) is 0 Å². The van der Waals surface area contributed by atoms with E-state index in [0.29, 0.717) is 19.8 Å². The molecular formula is C27H34N2O3. The molecule has 4 rings (SSSR count). The second kappa shape index (κ2) is 9.99. The summed E-state index contributed by atoms with van der Waals surface area (Å²) < 4.78 is 12.4. The van der Waals surface area contributed by atoms with E-state index in [2.05, 4.69) is 79.5 Å². The van der Waals surface area contributed by atoms with E-state index in [0.717, 1.165) is 25.1 Å². The Morgan fingerprint density at radius 3 is 2.66 bits per heavy atom. The lowest BCUT2D eigenvalue weighted by Crippen LogP contribution is -2.47. The minimum atomic E-state index is -0.345. The fourth-order valence-corrected chi connectivity index (χ4v) is 4.36. The van der Waals surface area contributed by atoms with Gasteiger partial charge in [-0.25, -0.2) is 0 Å². The zero-order valence-corrected chi connectivity index (χ0v) is 19.3. The fourth-order valence-electron chi connectivity index (χ4n) is 4.36. The summed E-state index contributed by atoms with van der Waals surface area (Å²) in [7, 11) is 0. The number of rotatable bonds is 7. The van der Waals surface area contributed by atoms with E-state index in [-0.39, 0.29) is 23.7 Å². The van der Waals surface area contributed by atoms with Crippen molar-refractivity contribution < 1.29 is 14.3 Å². The predicted octanol–water partition coefficient (Wildman–Crippen LogP) is 4.00. The van der Waals surface area contributed by atoms with Crippen molar-refractivity contribution in [3.8, 4) is 0 Å². The van der Waals surface area contributed by atoms with Crippen LogP contribution in [0.25, 0.3) is 0 Å². The third-order valence-electron chi connectivity index (χ3n) is 6.15. The van der Waals surface area contributed by atoms with E-state index < -0.39 is 0 Å². The zero-order chi connectivity index (χ0) is 22.6. The highest BCUT2D eigenvalue weighted by Gasteiger charge is 2.35. The molecule has 170 valence electrons. The highest BCUT2D eigenvalue weighted by Crippen LogP contribution is 2.31. The molecule has 5 heteroatoms. The normalized spacial score (nSPS) is 22.0. The van der Waals surface area contributed by atoms with Crippen LogP contribution < -0.4 is 5.32 Å². The van der Waals surface area contributed by atoms with E-state index in [1.807, 2.05) is 6.07 Å². The van der Waals surface area contributed by atoms with Gasteiger partial charge in [0.2, 0.25) is 5.91 Å². The van der Waals surface area contributed by atoms with E-state index in [9.17, 15) is 4.79 Å². The number of nitrogens with zero attached hydrogens (tertiary/aromatic N) is 1. The number of amides is 1. The van der Waals surface area contributed by atoms with Crippen LogP contribution in [0.15, 0.2) is 66.2 Å². The van der Waals surface area contributed by atoms with Crippen LogP contribution >= 0.6 is 0 Å². The molecule has 0 bridgehead atoms. The van der Waals surface area contributed by atoms with Crippen molar-refractivity contribution in [2.75, 3.05) is 32.8 Å². The number of morpholine rings is 1. The van der Waals surface area contributed by atoms with Crippen LogP contribution in [0.1, 0.15) is 43.5 Å². The number of hydrogen-bond donors (Lipinski definition) is 1. The Bertz CT molecular complexity index is 949. The van der Waals surface area contributed by atoms with Gasteiger partial charge in [0.1, 0.15) is 0 Å². The molecule has 1 amide bonds. The van der Waals surface area contributed by atoms with Crippen LogP contribution in [0.3, 0.4) is 0 Å². The van der Waals surface area contributed by atoms with Crippen molar-refractivity contribution in [2.24, 2.45) is 0 Å². The van der Waals surface area contributed by atoms with E-state index >= 15 is 0 Å². The number of benzene rings is 2. The van der Waals surface area contributed by atoms with E-state index in [1.165, 1.54) is 16.7 Å². The molecule has 2 unspecified atom stereocenters. The smallest absolute Gasteiger partial charge is 0.244 e. The van der Waals surface area contributed by atoms with Gasteiger partial charge in [0, 0.05) is 25.7 Å². The van der Waals surface area contributed by atoms with Gasteiger partial charge >= 0.3 is 0 Å². The number of carbonyl (C=O) groups is 1.